The largest absolute Gasteiger partial charge is 0.480 e. The maximum atomic E-state index is 13.2. The first kappa shape index (κ1) is 23.9. The number of rotatable bonds is 8. The number of carboxylic acids is 1. The molecule has 0 aromatic heterocycles. The lowest BCUT2D eigenvalue weighted by atomic mass is 10.0. The van der Waals surface area contributed by atoms with E-state index in [-0.39, 0.29) is 12.8 Å². The maximum absolute atomic E-state index is 13.2. The van der Waals surface area contributed by atoms with Gasteiger partial charge in [-0.15, -0.1) is 0 Å². The van der Waals surface area contributed by atoms with E-state index in [0.717, 1.165) is 11.1 Å². The van der Waals surface area contributed by atoms with Crippen LogP contribution < -0.4 is 11.2 Å². The summed E-state index contributed by atoms with van der Waals surface area (Å²) < 4.78 is 5.26. The molecule has 2 aromatic carbocycles. The molecule has 0 fully saturated rings. The van der Waals surface area contributed by atoms with Gasteiger partial charge < -0.3 is 15.2 Å². The highest BCUT2D eigenvalue weighted by molar-refractivity contribution is 5.89. The number of hydrogen-bond donors (Lipinski definition) is 3. The lowest BCUT2D eigenvalue weighted by Gasteiger charge is -2.29. The summed E-state index contributed by atoms with van der Waals surface area (Å²) in [6, 6.07) is 15.5. The molecule has 0 aliphatic rings. The number of amides is 2. The average molecular weight is 428 g/mol. The zero-order chi connectivity index (χ0) is 23.0. The highest BCUT2D eigenvalue weighted by Gasteiger charge is 2.34. The second-order valence-corrected chi connectivity index (χ2v) is 8.18. The summed E-state index contributed by atoms with van der Waals surface area (Å²) in [7, 11) is 0. The van der Waals surface area contributed by atoms with Crippen molar-refractivity contribution in [3.63, 3.8) is 0 Å². The third kappa shape index (κ3) is 7.75. The molecule has 0 radical (unpaired) electrons. The Bertz CT molecular complexity index is 881. The molecule has 2 rings (SSSR count). The van der Waals surface area contributed by atoms with Crippen LogP contribution >= 0.6 is 0 Å². The molecule has 4 N–H and O–H groups in total. The van der Waals surface area contributed by atoms with Gasteiger partial charge in [-0.25, -0.2) is 15.4 Å². The van der Waals surface area contributed by atoms with Gasteiger partial charge in [0.25, 0.3) is 5.91 Å². The molecule has 0 unspecified atom stereocenters. The van der Waals surface area contributed by atoms with Gasteiger partial charge in [0.1, 0.15) is 17.7 Å². The van der Waals surface area contributed by atoms with E-state index >= 15 is 0 Å². The first-order valence-corrected chi connectivity index (χ1v) is 9.95. The Kier molecular flexibility index (Phi) is 8.15. The van der Waals surface area contributed by atoms with Crippen molar-refractivity contribution < 1.29 is 24.2 Å². The number of nitrogens with zero attached hydrogens (tertiary/aromatic N) is 1. The first-order chi connectivity index (χ1) is 14.6. The molecule has 0 heterocycles. The maximum Gasteiger partial charge on any atom is 0.408 e. The Hall–Kier alpha value is -3.39. The fraction of sp³-hybridized carbons (Fsp3) is 0.348. The van der Waals surface area contributed by atoms with Crippen molar-refractivity contribution in [1.29, 1.82) is 0 Å². The van der Waals surface area contributed by atoms with Gasteiger partial charge in [0.05, 0.1) is 0 Å². The Morgan fingerprint density at radius 1 is 0.968 bits per heavy atom. The van der Waals surface area contributed by atoms with Gasteiger partial charge >= 0.3 is 12.1 Å². The van der Waals surface area contributed by atoms with Crippen LogP contribution in [0.4, 0.5) is 4.79 Å². The monoisotopic (exact) mass is 427 g/mol. The van der Waals surface area contributed by atoms with Crippen molar-refractivity contribution in [3.05, 3.63) is 71.8 Å². The molecule has 0 spiro atoms. The number of hydrogen-bond acceptors (Lipinski definition) is 5. The number of hydrazine groups is 1. The normalized spacial score (nSPS) is 13.0. The fourth-order valence-corrected chi connectivity index (χ4v) is 2.98. The van der Waals surface area contributed by atoms with Crippen LogP contribution in [0.25, 0.3) is 0 Å². The molecule has 0 aliphatic heterocycles. The van der Waals surface area contributed by atoms with E-state index in [0.29, 0.717) is 5.01 Å². The molecule has 0 bridgehead atoms. The van der Waals surface area contributed by atoms with Gasteiger partial charge in [0.2, 0.25) is 0 Å². The lowest BCUT2D eigenvalue weighted by molar-refractivity contribution is -0.151. The van der Waals surface area contributed by atoms with Gasteiger partial charge in [-0.05, 0) is 31.9 Å². The van der Waals surface area contributed by atoms with Crippen molar-refractivity contribution in [3.8, 4) is 0 Å². The smallest absolute Gasteiger partial charge is 0.408 e. The van der Waals surface area contributed by atoms with Crippen LogP contribution in [0.3, 0.4) is 0 Å². The molecule has 166 valence electrons. The van der Waals surface area contributed by atoms with Crippen molar-refractivity contribution >= 4 is 18.0 Å². The Morgan fingerprint density at radius 2 is 1.45 bits per heavy atom. The second kappa shape index (κ2) is 10.6. The Morgan fingerprint density at radius 3 is 1.90 bits per heavy atom. The summed E-state index contributed by atoms with van der Waals surface area (Å²) in [5.41, 5.74) is 0.738. The van der Waals surface area contributed by atoms with Gasteiger partial charge in [0, 0.05) is 12.8 Å². The molecule has 0 saturated heterocycles. The molecule has 0 saturated carbocycles. The molecular formula is C23H29N3O5. The third-order valence-electron chi connectivity index (χ3n) is 4.42. The second-order valence-electron chi connectivity index (χ2n) is 8.18. The van der Waals surface area contributed by atoms with Crippen LogP contribution in [-0.4, -0.2) is 45.8 Å². The molecule has 31 heavy (non-hydrogen) atoms. The van der Waals surface area contributed by atoms with Crippen LogP contribution in [0, 0.1) is 0 Å². The topological polar surface area (TPSA) is 122 Å². The van der Waals surface area contributed by atoms with Crippen LogP contribution in [0.2, 0.25) is 0 Å². The van der Waals surface area contributed by atoms with Crippen molar-refractivity contribution in [2.45, 2.75) is 51.3 Å². The summed E-state index contributed by atoms with van der Waals surface area (Å²) in [5, 5.41) is 12.9. The minimum absolute atomic E-state index is 0.0307. The van der Waals surface area contributed by atoms with E-state index in [1.807, 2.05) is 12.1 Å². The number of ether oxygens (including phenoxy) is 1. The van der Waals surface area contributed by atoms with E-state index in [1.54, 1.807) is 69.3 Å². The van der Waals surface area contributed by atoms with E-state index < -0.39 is 35.7 Å². The van der Waals surface area contributed by atoms with Gasteiger partial charge in [-0.1, -0.05) is 60.7 Å². The van der Waals surface area contributed by atoms with E-state index in [2.05, 4.69) is 5.32 Å². The molecule has 0 aliphatic carbocycles. The third-order valence-corrected chi connectivity index (χ3v) is 4.42. The number of carbonyl (C=O) groups is 3. The predicted octanol–water partition coefficient (Wildman–Crippen LogP) is 2.52. The Balaban J connectivity index is 2.23. The molecule has 8 heteroatoms. The van der Waals surface area contributed by atoms with Crippen molar-refractivity contribution in [2.75, 3.05) is 0 Å². The fourth-order valence-electron chi connectivity index (χ4n) is 2.98. The van der Waals surface area contributed by atoms with Crippen LogP contribution in [0.1, 0.15) is 31.9 Å². The van der Waals surface area contributed by atoms with E-state index in [9.17, 15) is 19.5 Å². The standard InChI is InChI=1S/C23H29N3O5/c1-23(2,3)31-22(30)25-18(14-16-10-6-4-7-11-16)20(27)26(24)19(21(28)29)15-17-12-8-5-9-13-17/h4-13,18-19H,14-15,24H2,1-3H3,(H,25,30)(H,28,29)/t18-,19+/m1/s1. The highest BCUT2D eigenvalue weighted by Crippen LogP contribution is 2.12. The quantitative estimate of drug-likeness (QED) is 0.338. The molecule has 2 atom stereocenters. The number of carboxylic acid groups (broad SMARTS) is 1. The minimum atomic E-state index is -1.30. The molecule has 2 aromatic rings. The summed E-state index contributed by atoms with van der Waals surface area (Å²) in [4.78, 5) is 37.3. The van der Waals surface area contributed by atoms with Gasteiger partial charge in [-0.3, -0.25) is 9.80 Å². The predicted molar refractivity (Wildman–Crippen MR) is 116 cm³/mol. The van der Waals surface area contributed by atoms with Crippen LogP contribution in [0.15, 0.2) is 60.7 Å². The number of benzene rings is 2. The van der Waals surface area contributed by atoms with Crippen LogP contribution in [-0.2, 0) is 27.2 Å². The molecule has 2 amide bonds. The number of nitrogens with one attached hydrogen (secondary N) is 1. The summed E-state index contributed by atoms with van der Waals surface area (Å²) in [6.07, 6.45) is -0.627. The summed E-state index contributed by atoms with van der Waals surface area (Å²) in [5.74, 6) is 4.01. The molecule has 8 nitrogen and oxygen atoms in total. The van der Waals surface area contributed by atoms with Gasteiger partial charge in [0.15, 0.2) is 0 Å². The Labute approximate surface area is 182 Å². The zero-order valence-corrected chi connectivity index (χ0v) is 17.9. The zero-order valence-electron chi connectivity index (χ0n) is 17.9. The van der Waals surface area contributed by atoms with Crippen molar-refractivity contribution in [1.82, 2.24) is 10.3 Å². The van der Waals surface area contributed by atoms with Crippen LogP contribution in [0.5, 0.6) is 0 Å². The number of nitrogens with two attached hydrogens (primary N) is 1. The summed E-state index contributed by atoms with van der Waals surface area (Å²) in [6.45, 7) is 5.11. The van der Waals surface area contributed by atoms with E-state index in [1.165, 1.54) is 0 Å². The van der Waals surface area contributed by atoms with Crippen molar-refractivity contribution in [2.24, 2.45) is 5.84 Å². The summed E-state index contributed by atoms with van der Waals surface area (Å²) >= 11 is 0. The number of carbonyl (C=O) groups excluding carboxylic acids is 2. The minimum Gasteiger partial charge on any atom is -0.480 e. The highest BCUT2D eigenvalue weighted by atomic mass is 16.6. The van der Waals surface area contributed by atoms with E-state index in [4.69, 9.17) is 10.6 Å². The number of alkyl carbamates (subject to hydrolysis) is 1. The molecular weight excluding hydrogens is 398 g/mol. The first-order valence-electron chi connectivity index (χ1n) is 9.95. The number of aliphatic carboxylic acids is 1. The SMILES string of the molecule is CC(C)(C)OC(=O)N[C@H](Cc1ccccc1)C(=O)N(N)[C@@H](Cc1ccccc1)C(=O)O. The van der Waals surface area contributed by atoms with Gasteiger partial charge in [-0.2, -0.15) is 0 Å². The lowest BCUT2D eigenvalue weighted by Crippen LogP contribution is -2.58. The average Bonchev–Trinajstić information content (AvgIpc) is 2.70.